The number of carbonyl (C=O) groups is 1. The van der Waals surface area contributed by atoms with E-state index in [-0.39, 0.29) is 23.8 Å². The third-order valence-corrected chi connectivity index (χ3v) is 5.49. The number of nitrogens with zero attached hydrogens (tertiary/aromatic N) is 2. The van der Waals surface area contributed by atoms with Gasteiger partial charge in [-0.15, -0.1) is 0 Å². The summed E-state index contributed by atoms with van der Waals surface area (Å²) in [5.74, 6) is 0.978. The smallest absolute Gasteiger partial charge is 0.279 e. The fourth-order valence-electron chi connectivity index (χ4n) is 2.82. The molecule has 2 aromatic rings. The van der Waals surface area contributed by atoms with Gasteiger partial charge in [0.2, 0.25) is 5.91 Å². The van der Waals surface area contributed by atoms with Crippen LogP contribution in [-0.4, -0.2) is 21.2 Å². The van der Waals surface area contributed by atoms with Gasteiger partial charge in [-0.05, 0) is 17.4 Å². The highest BCUT2D eigenvalue weighted by molar-refractivity contribution is 9.10. The lowest BCUT2D eigenvalue weighted by atomic mass is 9.87. The number of carbonyl (C=O) groups excluding carboxylic acids is 1. The van der Waals surface area contributed by atoms with E-state index in [9.17, 15) is 9.59 Å². The van der Waals surface area contributed by atoms with E-state index in [1.807, 2.05) is 38.2 Å². The van der Waals surface area contributed by atoms with Crippen LogP contribution >= 0.6 is 27.7 Å². The Bertz CT molecular complexity index is 835. The van der Waals surface area contributed by atoms with Gasteiger partial charge in [-0.2, -0.15) is 4.98 Å². The zero-order valence-corrected chi connectivity index (χ0v) is 15.2. The third kappa shape index (κ3) is 2.95. The number of thioether (sulfide) groups is 1. The number of halogens is 1. The zero-order valence-electron chi connectivity index (χ0n) is 12.8. The summed E-state index contributed by atoms with van der Waals surface area (Å²) in [6.07, 6.45) is 0.243. The molecule has 1 aromatic carbocycles. The molecule has 1 aliphatic rings. The number of benzene rings is 1. The first-order chi connectivity index (χ1) is 11.0. The van der Waals surface area contributed by atoms with Crippen LogP contribution in [0, 0.1) is 0 Å². The van der Waals surface area contributed by atoms with E-state index in [1.54, 1.807) is 4.57 Å². The minimum absolute atomic E-state index is 0.0908. The average Bonchev–Trinajstić information content (AvgIpc) is 2.52. The second-order valence-corrected chi connectivity index (χ2v) is 7.37. The predicted molar refractivity (Wildman–Crippen MR) is 95.1 cm³/mol. The molecule has 1 N–H and O–H groups in total. The van der Waals surface area contributed by atoms with Crippen LogP contribution in [0.15, 0.2) is 38.7 Å². The molecule has 3 rings (SSSR count). The standard InChI is InChI=1S/C16H16BrN3O2S/c1-3-23-16-19-15(22)13-10(9-6-4-5-7-11(9)17)8-12(21)18-14(13)20(16)2/h4-7,10H,3,8H2,1-2H3,(H,18,21). The van der Waals surface area contributed by atoms with Crippen molar-refractivity contribution in [2.24, 2.45) is 7.05 Å². The van der Waals surface area contributed by atoms with Gasteiger partial charge in [0, 0.05) is 23.9 Å². The monoisotopic (exact) mass is 393 g/mol. The van der Waals surface area contributed by atoms with Crippen molar-refractivity contribution in [3.05, 3.63) is 50.2 Å². The fraction of sp³-hybridized carbons (Fsp3) is 0.312. The molecule has 0 saturated carbocycles. The lowest BCUT2D eigenvalue weighted by molar-refractivity contribution is -0.116. The maximum absolute atomic E-state index is 12.6. The highest BCUT2D eigenvalue weighted by Crippen LogP contribution is 2.38. The van der Waals surface area contributed by atoms with E-state index >= 15 is 0 Å². The van der Waals surface area contributed by atoms with Crippen LogP contribution in [0.5, 0.6) is 0 Å². The van der Waals surface area contributed by atoms with E-state index in [0.29, 0.717) is 16.5 Å². The topological polar surface area (TPSA) is 64.0 Å². The second kappa shape index (κ2) is 6.49. The number of aromatic nitrogens is 2. The zero-order chi connectivity index (χ0) is 16.6. The van der Waals surface area contributed by atoms with E-state index in [1.165, 1.54) is 11.8 Å². The molecule has 0 aliphatic carbocycles. The molecule has 0 spiro atoms. The number of nitrogens with one attached hydrogen (secondary N) is 1. The summed E-state index contributed by atoms with van der Waals surface area (Å²) in [5.41, 5.74) is 1.22. The number of hydrogen-bond donors (Lipinski definition) is 1. The van der Waals surface area contributed by atoms with Gasteiger partial charge in [0.25, 0.3) is 5.56 Å². The quantitative estimate of drug-likeness (QED) is 0.642. The molecule has 1 atom stereocenters. The minimum atomic E-state index is -0.291. The minimum Gasteiger partial charge on any atom is -0.312 e. The van der Waals surface area contributed by atoms with Crippen LogP contribution in [0.25, 0.3) is 0 Å². The van der Waals surface area contributed by atoms with Gasteiger partial charge in [-0.3, -0.25) is 9.59 Å². The Morgan fingerprint density at radius 1 is 1.39 bits per heavy atom. The molecule has 0 radical (unpaired) electrons. The molecule has 1 unspecified atom stereocenters. The summed E-state index contributed by atoms with van der Waals surface area (Å²) in [7, 11) is 1.83. The Hall–Kier alpha value is -1.60. The number of hydrogen-bond acceptors (Lipinski definition) is 4. The van der Waals surface area contributed by atoms with E-state index in [4.69, 9.17) is 0 Å². The van der Waals surface area contributed by atoms with Gasteiger partial charge in [0.15, 0.2) is 5.16 Å². The Kier molecular flexibility index (Phi) is 4.59. The molecule has 1 aromatic heterocycles. The lowest BCUT2D eigenvalue weighted by Crippen LogP contribution is -2.33. The Balaban J connectivity index is 2.23. The van der Waals surface area contributed by atoms with Crippen molar-refractivity contribution in [1.82, 2.24) is 9.55 Å². The highest BCUT2D eigenvalue weighted by atomic mass is 79.9. The number of fused-ring (bicyclic) bond motifs is 1. The number of rotatable bonds is 3. The van der Waals surface area contributed by atoms with E-state index in [2.05, 4.69) is 26.2 Å². The van der Waals surface area contributed by atoms with Crippen molar-refractivity contribution >= 4 is 39.4 Å². The maximum atomic E-state index is 12.6. The molecule has 0 bridgehead atoms. The molecule has 2 heterocycles. The summed E-state index contributed by atoms with van der Waals surface area (Å²) < 4.78 is 2.69. The molecule has 1 aliphatic heterocycles. The van der Waals surface area contributed by atoms with E-state index < -0.39 is 0 Å². The van der Waals surface area contributed by atoms with E-state index in [0.717, 1.165) is 15.8 Å². The predicted octanol–water partition coefficient (Wildman–Crippen LogP) is 3.13. The number of amides is 1. The van der Waals surface area contributed by atoms with Crippen molar-refractivity contribution in [3.8, 4) is 0 Å². The Morgan fingerprint density at radius 3 is 2.83 bits per heavy atom. The van der Waals surface area contributed by atoms with Crippen LogP contribution in [0.3, 0.4) is 0 Å². The summed E-state index contributed by atoms with van der Waals surface area (Å²) in [6, 6.07) is 7.67. The molecule has 7 heteroatoms. The largest absolute Gasteiger partial charge is 0.312 e. The summed E-state index contributed by atoms with van der Waals surface area (Å²) in [6.45, 7) is 2.00. The first-order valence-electron chi connectivity index (χ1n) is 7.31. The molecular weight excluding hydrogens is 378 g/mol. The Morgan fingerprint density at radius 2 is 2.13 bits per heavy atom. The maximum Gasteiger partial charge on any atom is 0.279 e. The van der Waals surface area contributed by atoms with Gasteiger partial charge < -0.3 is 9.88 Å². The average molecular weight is 394 g/mol. The highest BCUT2D eigenvalue weighted by Gasteiger charge is 2.32. The third-order valence-electron chi connectivity index (χ3n) is 3.85. The molecule has 23 heavy (non-hydrogen) atoms. The second-order valence-electron chi connectivity index (χ2n) is 5.28. The molecule has 0 fully saturated rings. The first-order valence-corrected chi connectivity index (χ1v) is 9.08. The summed E-state index contributed by atoms with van der Waals surface area (Å²) in [4.78, 5) is 29.0. The number of anilines is 1. The van der Waals surface area contributed by atoms with Gasteiger partial charge in [-0.25, -0.2) is 0 Å². The molecule has 5 nitrogen and oxygen atoms in total. The van der Waals surface area contributed by atoms with Crippen molar-refractivity contribution in [1.29, 1.82) is 0 Å². The molecule has 120 valence electrons. The first kappa shape index (κ1) is 16.3. The van der Waals surface area contributed by atoms with Crippen LogP contribution in [0.1, 0.15) is 30.4 Å². The molecule has 1 amide bonds. The summed E-state index contributed by atoms with van der Waals surface area (Å²) >= 11 is 5.00. The Labute approximate surface area is 146 Å². The van der Waals surface area contributed by atoms with Crippen molar-refractivity contribution in [2.75, 3.05) is 11.1 Å². The normalized spacial score (nSPS) is 16.8. The van der Waals surface area contributed by atoms with Gasteiger partial charge in [0.05, 0.1) is 5.56 Å². The van der Waals surface area contributed by atoms with Crippen molar-refractivity contribution < 1.29 is 4.79 Å². The van der Waals surface area contributed by atoms with Crippen molar-refractivity contribution in [2.45, 2.75) is 24.4 Å². The lowest BCUT2D eigenvalue weighted by Gasteiger charge is -2.28. The molecular formula is C16H16BrN3O2S. The van der Waals surface area contributed by atoms with Gasteiger partial charge >= 0.3 is 0 Å². The summed E-state index contributed by atoms with van der Waals surface area (Å²) in [5, 5.41) is 3.46. The van der Waals surface area contributed by atoms with Crippen molar-refractivity contribution in [3.63, 3.8) is 0 Å². The van der Waals surface area contributed by atoms with Gasteiger partial charge in [-0.1, -0.05) is 52.8 Å². The molecule has 0 saturated heterocycles. The van der Waals surface area contributed by atoms with Gasteiger partial charge in [0.1, 0.15) is 5.82 Å². The fourth-order valence-corrected chi connectivity index (χ4v) is 4.07. The van der Waals surface area contributed by atoms with Crippen LogP contribution in [0.2, 0.25) is 0 Å². The van der Waals surface area contributed by atoms with Crippen LogP contribution in [0.4, 0.5) is 5.82 Å². The van der Waals surface area contributed by atoms with Crippen LogP contribution in [-0.2, 0) is 11.8 Å². The SMILES string of the molecule is CCSc1nc(=O)c2c(n1C)NC(=O)CC2c1ccccc1Br. The van der Waals surface area contributed by atoms with Crippen LogP contribution < -0.4 is 10.9 Å².